The molecule has 0 saturated heterocycles. The molecule has 2 aromatic rings. The van der Waals surface area contributed by atoms with Crippen LogP contribution < -0.4 is 10.6 Å². The van der Waals surface area contributed by atoms with Gasteiger partial charge in [-0.15, -0.1) is 0 Å². The lowest BCUT2D eigenvalue weighted by Crippen LogP contribution is -2.34. The van der Waals surface area contributed by atoms with Crippen LogP contribution in [-0.2, 0) is 12.8 Å². The first-order chi connectivity index (χ1) is 10.3. The Balaban J connectivity index is 1.62. The van der Waals surface area contributed by atoms with Gasteiger partial charge in [-0.3, -0.25) is 0 Å². The van der Waals surface area contributed by atoms with Gasteiger partial charge in [-0.25, -0.2) is 4.79 Å². The molecule has 1 aromatic carbocycles. The largest absolute Gasteiger partial charge is 0.469 e. The zero-order valence-corrected chi connectivity index (χ0v) is 12.2. The highest BCUT2D eigenvalue weighted by Gasteiger charge is 2.23. The number of aryl methyl sites for hydroxylation is 2. The van der Waals surface area contributed by atoms with Gasteiger partial charge in [-0.2, -0.15) is 0 Å². The molecule has 0 spiro atoms. The Morgan fingerprint density at radius 3 is 2.86 bits per heavy atom. The first-order valence-electron chi connectivity index (χ1n) is 7.49. The maximum Gasteiger partial charge on any atom is 0.319 e. The Morgan fingerprint density at radius 1 is 1.29 bits per heavy atom. The van der Waals surface area contributed by atoms with E-state index in [0.717, 1.165) is 42.7 Å². The van der Waals surface area contributed by atoms with Crippen molar-refractivity contribution in [3.8, 4) is 0 Å². The minimum atomic E-state index is -0.168. The van der Waals surface area contributed by atoms with Crippen LogP contribution in [0.4, 0.5) is 10.5 Å². The van der Waals surface area contributed by atoms with Crippen molar-refractivity contribution in [2.45, 2.75) is 38.6 Å². The van der Waals surface area contributed by atoms with E-state index in [-0.39, 0.29) is 12.1 Å². The summed E-state index contributed by atoms with van der Waals surface area (Å²) in [5, 5.41) is 5.91. The average Bonchev–Trinajstić information content (AvgIpc) is 2.97. The van der Waals surface area contributed by atoms with E-state index in [1.165, 1.54) is 5.56 Å². The fraction of sp³-hybridized carbons (Fsp3) is 0.353. The summed E-state index contributed by atoms with van der Waals surface area (Å²) in [5.74, 6) is 0.999. The van der Waals surface area contributed by atoms with E-state index in [0.29, 0.717) is 0 Å². The number of hydrogen-bond donors (Lipinski definition) is 2. The molecule has 0 radical (unpaired) electrons. The first kappa shape index (κ1) is 13.7. The number of carbonyl (C=O) groups is 1. The van der Waals surface area contributed by atoms with Gasteiger partial charge in [0.2, 0.25) is 0 Å². The maximum atomic E-state index is 12.1. The normalized spacial score (nSPS) is 17.1. The maximum absolute atomic E-state index is 12.1. The summed E-state index contributed by atoms with van der Waals surface area (Å²) in [6.45, 7) is 2.11. The highest BCUT2D eigenvalue weighted by molar-refractivity contribution is 5.89. The molecule has 1 aliphatic rings. The fourth-order valence-electron chi connectivity index (χ4n) is 2.79. The average molecular weight is 284 g/mol. The lowest BCUT2D eigenvalue weighted by molar-refractivity contribution is 0.246. The number of urea groups is 1. The van der Waals surface area contributed by atoms with E-state index in [9.17, 15) is 4.79 Å². The first-order valence-corrected chi connectivity index (χ1v) is 7.49. The lowest BCUT2D eigenvalue weighted by atomic mass is 9.93. The molecule has 1 aromatic heterocycles. The molecule has 1 aliphatic carbocycles. The second kappa shape index (κ2) is 6.04. The molecule has 3 rings (SSSR count). The molecule has 0 saturated carbocycles. The van der Waals surface area contributed by atoms with E-state index >= 15 is 0 Å². The molecule has 1 atom stereocenters. The standard InChI is InChI=1S/C17H20N2O2/c1-2-12-6-8-13(9-7-12)18-17(20)19-15-4-3-5-16-14(15)10-11-21-16/h6-11,15H,2-5H2,1H3,(H2,18,19,20). The van der Waals surface area contributed by atoms with Gasteiger partial charge in [0.25, 0.3) is 0 Å². The summed E-state index contributed by atoms with van der Waals surface area (Å²) in [4.78, 5) is 12.1. The number of amides is 2. The van der Waals surface area contributed by atoms with Crippen LogP contribution >= 0.6 is 0 Å². The summed E-state index contributed by atoms with van der Waals surface area (Å²) in [5.41, 5.74) is 3.18. The topological polar surface area (TPSA) is 54.3 Å². The van der Waals surface area contributed by atoms with E-state index in [2.05, 4.69) is 17.6 Å². The molecular weight excluding hydrogens is 264 g/mol. The van der Waals surface area contributed by atoms with Crippen LogP contribution in [-0.4, -0.2) is 6.03 Å². The third-order valence-corrected chi connectivity index (χ3v) is 3.98. The van der Waals surface area contributed by atoms with Crippen molar-refractivity contribution in [1.29, 1.82) is 0 Å². The number of rotatable bonds is 3. The number of hydrogen-bond acceptors (Lipinski definition) is 2. The number of carbonyl (C=O) groups excluding carboxylic acids is 1. The van der Waals surface area contributed by atoms with Gasteiger partial charge in [0, 0.05) is 17.7 Å². The molecule has 110 valence electrons. The smallest absolute Gasteiger partial charge is 0.319 e. The molecule has 4 nitrogen and oxygen atoms in total. The molecule has 1 heterocycles. The highest BCUT2D eigenvalue weighted by Crippen LogP contribution is 2.30. The summed E-state index contributed by atoms with van der Waals surface area (Å²) < 4.78 is 5.44. The highest BCUT2D eigenvalue weighted by atomic mass is 16.3. The van der Waals surface area contributed by atoms with Gasteiger partial charge < -0.3 is 15.1 Å². The van der Waals surface area contributed by atoms with Crippen LogP contribution in [0.3, 0.4) is 0 Å². The number of furan rings is 1. The Morgan fingerprint density at radius 2 is 2.10 bits per heavy atom. The second-order valence-corrected chi connectivity index (χ2v) is 5.39. The Labute approximate surface area is 124 Å². The Kier molecular flexibility index (Phi) is 3.95. The number of nitrogens with one attached hydrogen (secondary N) is 2. The van der Waals surface area contributed by atoms with Gasteiger partial charge in [0.1, 0.15) is 5.76 Å². The van der Waals surface area contributed by atoms with Gasteiger partial charge in [0.05, 0.1) is 12.3 Å². The molecule has 0 bridgehead atoms. The Hall–Kier alpha value is -2.23. The summed E-state index contributed by atoms with van der Waals surface area (Å²) in [6, 6.07) is 9.76. The predicted molar refractivity (Wildman–Crippen MR) is 82.4 cm³/mol. The zero-order valence-electron chi connectivity index (χ0n) is 12.2. The van der Waals surface area contributed by atoms with Crippen molar-refractivity contribution >= 4 is 11.7 Å². The zero-order chi connectivity index (χ0) is 14.7. The van der Waals surface area contributed by atoms with Crippen molar-refractivity contribution in [1.82, 2.24) is 5.32 Å². The van der Waals surface area contributed by atoms with Crippen molar-refractivity contribution in [3.05, 3.63) is 53.5 Å². The van der Waals surface area contributed by atoms with Crippen LogP contribution in [0, 0.1) is 0 Å². The number of benzene rings is 1. The van der Waals surface area contributed by atoms with Crippen LogP contribution in [0.25, 0.3) is 0 Å². The van der Waals surface area contributed by atoms with Gasteiger partial charge in [-0.05, 0) is 43.0 Å². The van der Waals surface area contributed by atoms with E-state index in [1.807, 2.05) is 30.3 Å². The van der Waals surface area contributed by atoms with Crippen LogP contribution in [0.2, 0.25) is 0 Å². The van der Waals surface area contributed by atoms with Crippen LogP contribution in [0.5, 0.6) is 0 Å². The van der Waals surface area contributed by atoms with Crippen LogP contribution in [0.1, 0.15) is 42.7 Å². The third kappa shape index (κ3) is 3.10. The van der Waals surface area contributed by atoms with Gasteiger partial charge in [0.15, 0.2) is 0 Å². The van der Waals surface area contributed by atoms with Crippen LogP contribution in [0.15, 0.2) is 41.0 Å². The van der Waals surface area contributed by atoms with Gasteiger partial charge >= 0.3 is 6.03 Å². The van der Waals surface area contributed by atoms with Crippen molar-refractivity contribution in [2.24, 2.45) is 0 Å². The quantitative estimate of drug-likeness (QED) is 0.893. The van der Waals surface area contributed by atoms with Crippen molar-refractivity contribution in [2.75, 3.05) is 5.32 Å². The number of anilines is 1. The molecule has 2 amide bonds. The minimum absolute atomic E-state index is 0.0439. The lowest BCUT2D eigenvalue weighted by Gasteiger charge is -2.22. The third-order valence-electron chi connectivity index (χ3n) is 3.98. The second-order valence-electron chi connectivity index (χ2n) is 5.39. The van der Waals surface area contributed by atoms with Gasteiger partial charge in [-0.1, -0.05) is 19.1 Å². The van der Waals surface area contributed by atoms with Crippen molar-refractivity contribution < 1.29 is 9.21 Å². The van der Waals surface area contributed by atoms with Crippen molar-refractivity contribution in [3.63, 3.8) is 0 Å². The summed E-state index contributed by atoms with van der Waals surface area (Å²) in [7, 11) is 0. The predicted octanol–water partition coefficient (Wildman–Crippen LogP) is 4.04. The molecule has 1 unspecified atom stereocenters. The molecule has 0 fully saturated rings. The summed E-state index contributed by atoms with van der Waals surface area (Å²) in [6.07, 6.45) is 5.65. The molecule has 4 heteroatoms. The fourth-order valence-corrected chi connectivity index (χ4v) is 2.79. The number of fused-ring (bicyclic) bond motifs is 1. The minimum Gasteiger partial charge on any atom is -0.469 e. The molecule has 2 N–H and O–H groups in total. The monoisotopic (exact) mass is 284 g/mol. The Bertz CT molecular complexity index is 616. The molecule has 0 aliphatic heterocycles. The van der Waals surface area contributed by atoms with E-state index in [1.54, 1.807) is 6.26 Å². The SMILES string of the molecule is CCc1ccc(NC(=O)NC2CCCc3occc32)cc1. The summed E-state index contributed by atoms with van der Waals surface area (Å²) >= 11 is 0. The van der Waals surface area contributed by atoms with E-state index < -0.39 is 0 Å². The van der Waals surface area contributed by atoms with E-state index in [4.69, 9.17) is 4.42 Å². The molecule has 21 heavy (non-hydrogen) atoms. The molecular formula is C17H20N2O2.